The summed E-state index contributed by atoms with van der Waals surface area (Å²) in [5, 5.41) is 13.7. The Balaban J connectivity index is 1.56. The number of carbonyl (C=O) groups excluding carboxylic acids is 1. The molecule has 0 saturated carbocycles. The Kier molecular flexibility index (Phi) is 5.43. The lowest BCUT2D eigenvalue weighted by Gasteiger charge is -2.26. The number of non-ortho nitro benzene ring substituents is 1. The summed E-state index contributed by atoms with van der Waals surface area (Å²) in [5.74, 6) is -0.203. The first-order valence-electron chi connectivity index (χ1n) is 10.7. The molecule has 0 aliphatic carbocycles. The molecule has 0 unspecified atom stereocenters. The van der Waals surface area contributed by atoms with Crippen molar-refractivity contribution in [3.63, 3.8) is 0 Å². The summed E-state index contributed by atoms with van der Waals surface area (Å²) in [6.45, 7) is 4.93. The van der Waals surface area contributed by atoms with Gasteiger partial charge in [-0.3, -0.25) is 19.8 Å². The van der Waals surface area contributed by atoms with Gasteiger partial charge in [-0.1, -0.05) is 42.5 Å². The summed E-state index contributed by atoms with van der Waals surface area (Å²) in [4.78, 5) is 27.1. The molecule has 32 heavy (non-hydrogen) atoms. The van der Waals surface area contributed by atoms with Gasteiger partial charge in [0.1, 0.15) is 0 Å². The number of nitro benzene ring substituents is 1. The van der Waals surface area contributed by atoms with Crippen molar-refractivity contribution in [2.45, 2.75) is 6.54 Å². The molecule has 1 aromatic heterocycles. The molecule has 7 heteroatoms. The summed E-state index contributed by atoms with van der Waals surface area (Å²) in [6, 6.07) is 18.0. The van der Waals surface area contributed by atoms with E-state index in [2.05, 4.69) is 9.47 Å². The molecule has 1 aliphatic rings. The fraction of sp³-hybridized carbons (Fsp3) is 0.240. The number of hydrogen-bond donors (Lipinski definition) is 0. The molecule has 1 aliphatic heterocycles. The molecule has 5 rings (SSSR count). The molecule has 0 bridgehead atoms. The van der Waals surface area contributed by atoms with Gasteiger partial charge in [-0.25, -0.2) is 0 Å². The first-order valence-corrected chi connectivity index (χ1v) is 10.7. The first kappa shape index (κ1) is 20.4. The fourth-order valence-electron chi connectivity index (χ4n) is 4.42. The van der Waals surface area contributed by atoms with Crippen molar-refractivity contribution < 1.29 is 14.5 Å². The molecule has 0 atom stereocenters. The number of hydrogen-bond acceptors (Lipinski definition) is 5. The Morgan fingerprint density at radius 3 is 2.44 bits per heavy atom. The van der Waals surface area contributed by atoms with Crippen LogP contribution in [0.5, 0.6) is 0 Å². The summed E-state index contributed by atoms with van der Waals surface area (Å²) in [7, 11) is 0. The van der Waals surface area contributed by atoms with Gasteiger partial charge in [-0.05, 0) is 16.8 Å². The fourth-order valence-corrected chi connectivity index (χ4v) is 4.42. The number of nitro groups is 1. The number of rotatable bonds is 6. The van der Waals surface area contributed by atoms with E-state index >= 15 is 0 Å². The van der Waals surface area contributed by atoms with Crippen LogP contribution in [0.4, 0.5) is 5.69 Å². The number of ketones is 1. The van der Waals surface area contributed by atoms with Crippen molar-refractivity contribution in [1.82, 2.24) is 9.47 Å². The predicted octanol–water partition coefficient (Wildman–Crippen LogP) is 4.27. The molecule has 0 amide bonds. The van der Waals surface area contributed by atoms with E-state index in [1.807, 2.05) is 48.7 Å². The summed E-state index contributed by atoms with van der Waals surface area (Å²) >= 11 is 0. The SMILES string of the molecule is O=C(c1cc([N+](=O)[O-])cc2ccccc12)c1cn(CCN2CCOCC2)c2ccccc12. The van der Waals surface area contributed by atoms with Crippen LogP contribution >= 0.6 is 0 Å². The minimum Gasteiger partial charge on any atom is -0.379 e. The van der Waals surface area contributed by atoms with Crippen LogP contribution in [0, 0.1) is 10.1 Å². The van der Waals surface area contributed by atoms with E-state index in [1.54, 1.807) is 6.07 Å². The molecular weight excluding hydrogens is 406 g/mol. The Labute approximate surface area is 185 Å². The normalized spacial score (nSPS) is 14.8. The second kappa shape index (κ2) is 8.53. The second-order valence-electron chi connectivity index (χ2n) is 8.01. The highest BCUT2D eigenvalue weighted by molar-refractivity contribution is 6.21. The quantitative estimate of drug-likeness (QED) is 0.260. The number of benzene rings is 3. The molecule has 0 N–H and O–H groups in total. The number of ether oxygens (including phenoxy) is 1. The van der Waals surface area contributed by atoms with E-state index in [4.69, 9.17) is 4.74 Å². The van der Waals surface area contributed by atoms with E-state index in [1.165, 1.54) is 12.1 Å². The smallest absolute Gasteiger partial charge is 0.270 e. The Hall–Kier alpha value is -3.55. The average Bonchev–Trinajstić information content (AvgIpc) is 3.21. The van der Waals surface area contributed by atoms with E-state index in [9.17, 15) is 14.9 Å². The number of aromatic nitrogens is 1. The third-order valence-corrected chi connectivity index (χ3v) is 6.10. The first-order chi connectivity index (χ1) is 15.6. The van der Waals surface area contributed by atoms with Crippen LogP contribution in [0.3, 0.4) is 0 Å². The summed E-state index contributed by atoms with van der Waals surface area (Å²) in [5.41, 5.74) is 1.82. The van der Waals surface area contributed by atoms with Crippen molar-refractivity contribution in [2.24, 2.45) is 0 Å². The maximum Gasteiger partial charge on any atom is 0.270 e. The number of fused-ring (bicyclic) bond motifs is 2. The van der Waals surface area contributed by atoms with Gasteiger partial charge in [0.15, 0.2) is 5.78 Å². The van der Waals surface area contributed by atoms with E-state index in [0.717, 1.165) is 50.3 Å². The number of morpholine rings is 1. The third-order valence-electron chi connectivity index (χ3n) is 6.10. The van der Waals surface area contributed by atoms with E-state index in [0.29, 0.717) is 21.9 Å². The zero-order valence-electron chi connectivity index (χ0n) is 17.6. The monoisotopic (exact) mass is 429 g/mol. The lowest BCUT2D eigenvalue weighted by atomic mass is 9.96. The summed E-state index contributed by atoms with van der Waals surface area (Å²) < 4.78 is 7.54. The van der Waals surface area contributed by atoms with Gasteiger partial charge in [-0.15, -0.1) is 0 Å². The minimum absolute atomic E-state index is 0.0805. The Bertz CT molecular complexity index is 1320. The summed E-state index contributed by atoms with van der Waals surface area (Å²) in [6.07, 6.45) is 1.89. The highest BCUT2D eigenvalue weighted by atomic mass is 16.6. The molecule has 7 nitrogen and oxygen atoms in total. The zero-order valence-corrected chi connectivity index (χ0v) is 17.6. The van der Waals surface area contributed by atoms with Gasteiger partial charge in [0.05, 0.1) is 18.1 Å². The molecule has 162 valence electrons. The molecule has 3 aromatic carbocycles. The van der Waals surface area contributed by atoms with E-state index in [-0.39, 0.29) is 11.5 Å². The van der Waals surface area contributed by atoms with Crippen LogP contribution in [0.25, 0.3) is 21.7 Å². The molecule has 1 saturated heterocycles. The standard InChI is InChI=1S/C25H23N3O4/c29-25(22-16-19(28(30)31)15-18-5-1-2-6-20(18)22)23-17-27(24-8-4-3-7-21(23)24)10-9-26-11-13-32-14-12-26/h1-8,15-17H,9-14H2. The number of carbonyl (C=O) groups is 1. The molecule has 4 aromatic rings. The molecule has 0 radical (unpaired) electrons. The second-order valence-corrected chi connectivity index (χ2v) is 8.01. The van der Waals surface area contributed by atoms with Gasteiger partial charge in [0.25, 0.3) is 5.69 Å². The van der Waals surface area contributed by atoms with Gasteiger partial charge in [-0.2, -0.15) is 0 Å². The van der Waals surface area contributed by atoms with Crippen LogP contribution in [-0.4, -0.2) is 53.0 Å². The molecule has 1 fully saturated rings. The van der Waals surface area contributed by atoms with Crippen molar-refractivity contribution in [3.8, 4) is 0 Å². The molecule has 2 heterocycles. The van der Waals surface area contributed by atoms with Crippen LogP contribution in [0.2, 0.25) is 0 Å². The predicted molar refractivity (Wildman–Crippen MR) is 123 cm³/mol. The average molecular weight is 429 g/mol. The van der Waals surface area contributed by atoms with Crippen LogP contribution in [0.15, 0.2) is 66.9 Å². The van der Waals surface area contributed by atoms with Crippen LogP contribution in [0.1, 0.15) is 15.9 Å². The van der Waals surface area contributed by atoms with Crippen molar-refractivity contribution in [1.29, 1.82) is 0 Å². The highest BCUT2D eigenvalue weighted by Crippen LogP contribution is 2.30. The molecule has 0 spiro atoms. The number of para-hydroxylation sites is 1. The Morgan fingerprint density at radius 2 is 1.66 bits per heavy atom. The third kappa shape index (κ3) is 3.77. The topological polar surface area (TPSA) is 77.6 Å². The van der Waals surface area contributed by atoms with Gasteiger partial charge in [0, 0.05) is 66.5 Å². The van der Waals surface area contributed by atoms with Crippen LogP contribution < -0.4 is 0 Å². The molecular formula is C25H23N3O4. The lowest BCUT2D eigenvalue weighted by molar-refractivity contribution is -0.384. The van der Waals surface area contributed by atoms with Crippen molar-refractivity contribution >= 4 is 33.1 Å². The van der Waals surface area contributed by atoms with Crippen LogP contribution in [-0.2, 0) is 11.3 Å². The highest BCUT2D eigenvalue weighted by Gasteiger charge is 2.22. The van der Waals surface area contributed by atoms with Gasteiger partial charge in [0.2, 0.25) is 0 Å². The largest absolute Gasteiger partial charge is 0.379 e. The van der Waals surface area contributed by atoms with Crippen molar-refractivity contribution in [2.75, 3.05) is 32.8 Å². The van der Waals surface area contributed by atoms with E-state index < -0.39 is 4.92 Å². The van der Waals surface area contributed by atoms with Gasteiger partial charge < -0.3 is 9.30 Å². The zero-order chi connectivity index (χ0) is 22.1. The van der Waals surface area contributed by atoms with Crippen molar-refractivity contribution in [3.05, 3.63) is 88.1 Å². The maximum atomic E-state index is 13.7. The minimum atomic E-state index is -0.450. The van der Waals surface area contributed by atoms with Gasteiger partial charge >= 0.3 is 0 Å². The Morgan fingerprint density at radius 1 is 0.938 bits per heavy atom. The number of nitrogens with zero attached hydrogens (tertiary/aromatic N) is 3. The maximum absolute atomic E-state index is 13.7. The lowest BCUT2D eigenvalue weighted by Crippen LogP contribution is -2.38.